The Morgan fingerprint density at radius 2 is 1.64 bits per heavy atom. The van der Waals surface area contributed by atoms with Gasteiger partial charge in [-0.3, -0.25) is 0 Å². The van der Waals surface area contributed by atoms with Crippen molar-refractivity contribution >= 4 is 5.69 Å². The molecule has 0 fully saturated rings. The Labute approximate surface area is 153 Å². The van der Waals surface area contributed by atoms with Crippen LogP contribution in [-0.2, 0) is 6.54 Å². The van der Waals surface area contributed by atoms with Gasteiger partial charge in [0.1, 0.15) is 6.54 Å². The van der Waals surface area contributed by atoms with Crippen LogP contribution in [0.3, 0.4) is 0 Å². The van der Waals surface area contributed by atoms with Crippen LogP contribution in [0.4, 0.5) is 5.69 Å². The second-order valence-corrected chi connectivity index (χ2v) is 7.06. The molecule has 0 saturated carbocycles. The number of fused-ring (bicyclic) bond motifs is 1. The first kappa shape index (κ1) is 17.5. The van der Waals surface area contributed by atoms with Crippen molar-refractivity contribution in [3.05, 3.63) is 54.1 Å². The van der Waals surface area contributed by atoms with Gasteiger partial charge in [0.05, 0.1) is 14.1 Å². The molecule has 0 radical (unpaired) electrons. The van der Waals surface area contributed by atoms with Crippen LogP contribution in [0.2, 0.25) is 0 Å². The molecule has 2 aromatic carbocycles. The van der Waals surface area contributed by atoms with Crippen LogP contribution < -0.4 is 17.3 Å². The summed E-state index contributed by atoms with van der Waals surface area (Å²) in [6.07, 6.45) is 0. The summed E-state index contributed by atoms with van der Waals surface area (Å²) in [7, 11) is 6.62. The molecular formula is C19H21ClN4O. The zero-order valence-corrected chi connectivity index (χ0v) is 15.4. The molecule has 4 rings (SSSR count). The minimum atomic E-state index is 0. The lowest BCUT2D eigenvalue weighted by Crippen LogP contribution is -3.00. The third-order valence-corrected chi connectivity index (χ3v) is 4.38. The van der Waals surface area contributed by atoms with Gasteiger partial charge in [-0.15, -0.1) is 10.2 Å². The second-order valence-electron chi connectivity index (χ2n) is 7.06. The summed E-state index contributed by atoms with van der Waals surface area (Å²) in [6.45, 7) is 2.00. The van der Waals surface area contributed by atoms with Gasteiger partial charge in [0.15, 0.2) is 6.67 Å². The van der Waals surface area contributed by atoms with Crippen LogP contribution in [0.1, 0.15) is 5.56 Å². The summed E-state index contributed by atoms with van der Waals surface area (Å²) in [4.78, 5) is 2.30. The summed E-state index contributed by atoms with van der Waals surface area (Å²) in [5.41, 5.74) is 4.50. The van der Waals surface area contributed by atoms with Crippen molar-refractivity contribution < 1.29 is 21.3 Å². The molecule has 0 saturated heterocycles. The first-order valence-electron chi connectivity index (χ1n) is 8.07. The Bertz CT molecular complexity index is 876. The fraction of sp³-hybridized carbons (Fsp3) is 0.263. The number of anilines is 1. The summed E-state index contributed by atoms with van der Waals surface area (Å²) >= 11 is 0. The predicted molar refractivity (Wildman–Crippen MR) is 94.3 cm³/mol. The fourth-order valence-electron chi connectivity index (χ4n) is 3.42. The zero-order valence-electron chi connectivity index (χ0n) is 14.6. The van der Waals surface area contributed by atoms with Crippen LogP contribution in [0.25, 0.3) is 22.9 Å². The molecule has 1 aromatic heterocycles. The smallest absolute Gasteiger partial charge is 0.248 e. The van der Waals surface area contributed by atoms with E-state index >= 15 is 0 Å². The Morgan fingerprint density at radius 1 is 0.960 bits per heavy atom. The maximum Gasteiger partial charge on any atom is 0.248 e. The first-order chi connectivity index (χ1) is 11.5. The van der Waals surface area contributed by atoms with Crippen molar-refractivity contribution in [2.24, 2.45) is 0 Å². The van der Waals surface area contributed by atoms with E-state index in [1.807, 2.05) is 30.3 Å². The molecule has 3 aromatic rings. The van der Waals surface area contributed by atoms with Gasteiger partial charge in [-0.2, -0.15) is 0 Å². The lowest BCUT2D eigenvalue weighted by Gasteiger charge is -2.40. The SMILES string of the molecule is CN1C[N+](C)(C)Cc2cc(-c3nnc(-c4ccccc4)o3)ccc21.[Cl-]. The van der Waals surface area contributed by atoms with E-state index in [1.165, 1.54) is 11.3 Å². The number of benzene rings is 2. The van der Waals surface area contributed by atoms with Crippen molar-refractivity contribution in [3.63, 3.8) is 0 Å². The van der Waals surface area contributed by atoms with Crippen molar-refractivity contribution in [3.8, 4) is 22.9 Å². The van der Waals surface area contributed by atoms with Crippen LogP contribution >= 0.6 is 0 Å². The maximum atomic E-state index is 5.88. The zero-order chi connectivity index (χ0) is 16.7. The van der Waals surface area contributed by atoms with E-state index in [9.17, 15) is 0 Å². The predicted octanol–water partition coefficient (Wildman–Crippen LogP) is 0.391. The average molecular weight is 357 g/mol. The number of hydrogen-bond donors (Lipinski definition) is 0. The van der Waals surface area contributed by atoms with Crippen molar-refractivity contribution in [1.82, 2.24) is 10.2 Å². The molecule has 0 spiro atoms. The highest BCUT2D eigenvalue weighted by Crippen LogP contribution is 2.33. The lowest BCUT2D eigenvalue weighted by atomic mass is 10.0. The van der Waals surface area contributed by atoms with Crippen LogP contribution in [0.5, 0.6) is 0 Å². The standard InChI is InChI=1S/C19H21N4O.ClH/c1-22-13-23(2,3)12-16-11-15(9-10-17(16)22)19-21-20-18(24-19)14-7-5-4-6-8-14;/h4-11H,12-13H2,1-3H3;1H/q+1;/p-1. The van der Waals surface area contributed by atoms with E-state index in [4.69, 9.17) is 4.42 Å². The topological polar surface area (TPSA) is 42.2 Å². The van der Waals surface area contributed by atoms with E-state index in [1.54, 1.807) is 0 Å². The second kappa shape index (κ2) is 6.50. The van der Waals surface area contributed by atoms with Gasteiger partial charge >= 0.3 is 0 Å². The number of aromatic nitrogens is 2. The molecule has 25 heavy (non-hydrogen) atoms. The maximum absolute atomic E-state index is 5.88. The van der Waals surface area contributed by atoms with E-state index in [2.05, 4.69) is 54.4 Å². The highest BCUT2D eigenvalue weighted by Gasteiger charge is 2.28. The fourth-order valence-corrected chi connectivity index (χ4v) is 3.42. The Kier molecular flexibility index (Phi) is 4.54. The van der Waals surface area contributed by atoms with E-state index in [0.717, 1.165) is 28.8 Å². The molecule has 5 nitrogen and oxygen atoms in total. The molecule has 0 unspecified atom stereocenters. The van der Waals surface area contributed by atoms with Gasteiger partial charge < -0.3 is 26.2 Å². The van der Waals surface area contributed by atoms with E-state index in [0.29, 0.717) is 11.8 Å². The number of quaternary nitrogens is 1. The Balaban J connectivity index is 0.00000182. The summed E-state index contributed by atoms with van der Waals surface area (Å²) in [5, 5.41) is 8.42. The Hall–Kier alpha value is -2.37. The third-order valence-electron chi connectivity index (χ3n) is 4.38. The van der Waals surface area contributed by atoms with Gasteiger partial charge in [-0.25, -0.2) is 0 Å². The molecule has 0 bridgehead atoms. The summed E-state index contributed by atoms with van der Waals surface area (Å²) in [6, 6.07) is 16.2. The number of rotatable bonds is 2. The quantitative estimate of drug-likeness (QED) is 0.623. The number of hydrogen-bond acceptors (Lipinski definition) is 4. The number of halogens is 1. The molecule has 0 N–H and O–H groups in total. The third kappa shape index (κ3) is 3.38. The van der Waals surface area contributed by atoms with Gasteiger partial charge in [0, 0.05) is 29.4 Å². The van der Waals surface area contributed by atoms with Gasteiger partial charge in [0.25, 0.3) is 0 Å². The molecule has 6 heteroatoms. The average Bonchev–Trinajstić information content (AvgIpc) is 3.04. The molecule has 1 aliphatic rings. The van der Waals surface area contributed by atoms with Crippen molar-refractivity contribution in [1.29, 1.82) is 0 Å². The lowest BCUT2D eigenvalue weighted by molar-refractivity contribution is -0.904. The molecule has 0 amide bonds. The van der Waals surface area contributed by atoms with Crippen LogP contribution in [0.15, 0.2) is 52.9 Å². The van der Waals surface area contributed by atoms with Gasteiger partial charge in [-0.05, 0) is 30.3 Å². The van der Waals surface area contributed by atoms with E-state index < -0.39 is 0 Å². The van der Waals surface area contributed by atoms with Gasteiger partial charge in [-0.1, -0.05) is 18.2 Å². The Morgan fingerprint density at radius 3 is 2.36 bits per heavy atom. The molecule has 130 valence electrons. The van der Waals surface area contributed by atoms with Crippen molar-refractivity contribution in [2.45, 2.75) is 6.54 Å². The highest BCUT2D eigenvalue weighted by atomic mass is 35.5. The molecule has 0 atom stereocenters. The largest absolute Gasteiger partial charge is 1.00 e. The number of nitrogens with zero attached hydrogens (tertiary/aromatic N) is 4. The van der Waals surface area contributed by atoms with Crippen LogP contribution in [0, 0.1) is 0 Å². The summed E-state index contributed by atoms with van der Waals surface area (Å²) in [5.74, 6) is 1.12. The molecule has 2 heterocycles. The van der Waals surface area contributed by atoms with E-state index in [-0.39, 0.29) is 12.4 Å². The summed E-state index contributed by atoms with van der Waals surface area (Å²) < 4.78 is 6.82. The van der Waals surface area contributed by atoms with Crippen LogP contribution in [-0.4, -0.2) is 42.5 Å². The molecule has 1 aliphatic heterocycles. The molecule has 0 aliphatic carbocycles. The first-order valence-corrected chi connectivity index (χ1v) is 8.07. The monoisotopic (exact) mass is 356 g/mol. The normalized spacial score (nSPS) is 15.4. The minimum Gasteiger partial charge on any atom is -1.00 e. The van der Waals surface area contributed by atoms with Crippen molar-refractivity contribution in [2.75, 3.05) is 32.7 Å². The minimum absolute atomic E-state index is 0. The van der Waals surface area contributed by atoms with Gasteiger partial charge in [0.2, 0.25) is 11.8 Å². The highest BCUT2D eigenvalue weighted by molar-refractivity contribution is 5.65. The molecular weight excluding hydrogens is 336 g/mol.